The van der Waals surface area contributed by atoms with E-state index in [4.69, 9.17) is 0 Å². The molecule has 1 rings (SSSR count). The Morgan fingerprint density at radius 2 is 2.31 bits per heavy atom. The average Bonchev–Trinajstić information content (AvgIpc) is 2.12. The molecular formula is C9H7BrFNS. The SMILES string of the molecule is Fc1ccc(CCN=C=S)cc1Br. The molecule has 68 valence electrons. The summed E-state index contributed by atoms with van der Waals surface area (Å²) in [4.78, 5) is 3.77. The highest BCUT2D eigenvalue weighted by Crippen LogP contribution is 2.16. The molecule has 0 saturated carbocycles. The van der Waals surface area contributed by atoms with E-state index in [1.807, 2.05) is 0 Å². The Balaban J connectivity index is 2.68. The quantitative estimate of drug-likeness (QED) is 0.600. The Kier molecular flexibility index (Phi) is 4.22. The first-order valence-electron chi connectivity index (χ1n) is 3.71. The lowest BCUT2D eigenvalue weighted by atomic mass is 10.1. The summed E-state index contributed by atoms with van der Waals surface area (Å²) in [5, 5.41) is 2.29. The van der Waals surface area contributed by atoms with Crippen molar-refractivity contribution < 1.29 is 4.39 Å². The maximum Gasteiger partial charge on any atom is 0.137 e. The first kappa shape index (κ1) is 10.5. The van der Waals surface area contributed by atoms with Gasteiger partial charge in [0.2, 0.25) is 0 Å². The summed E-state index contributed by atoms with van der Waals surface area (Å²) in [5.74, 6) is -0.248. The van der Waals surface area contributed by atoms with Crippen molar-refractivity contribution in [2.24, 2.45) is 4.99 Å². The lowest BCUT2D eigenvalue weighted by molar-refractivity contribution is 0.620. The second kappa shape index (κ2) is 5.22. The topological polar surface area (TPSA) is 12.4 Å². The molecule has 1 aromatic carbocycles. The highest BCUT2D eigenvalue weighted by atomic mass is 79.9. The third-order valence-electron chi connectivity index (χ3n) is 1.56. The lowest BCUT2D eigenvalue weighted by Gasteiger charge is -1.99. The molecule has 13 heavy (non-hydrogen) atoms. The van der Waals surface area contributed by atoms with Gasteiger partial charge >= 0.3 is 0 Å². The zero-order chi connectivity index (χ0) is 9.68. The van der Waals surface area contributed by atoms with Crippen LogP contribution in [0.2, 0.25) is 0 Å². The molecule has 1 aromatic rings. The summed E-state index contributed by atoms with van der Waals surface area (Å²) >= 11 is 7.54. The Morgan fingerprint density at radius 1 is 1.54 bits per heavy atom. The number of benzene rings is 1. The van der Waals surface area contributed by atoms with Crippen LogP contribution in [0, 0.1) is 5.82 Å². The van der Waals surface area contributed by atoms with Gasteiger partial charge in [0.1, 0.15) is 5.82 Å². The molecule has 0 fully saturated rings. The molecule has 0 N–H and O–H groups in total. The Labute approximate surface area is 89.8 Å². The zero-order valence-corrected chi connectivity index (χ0v) is 9.16. The van der Waals surface area contributed by atoms with Crippen molar-refractivity contribution >= 4 is 33.3 Å². The van der Waals surface area contributed by atoms with Crippen molar-refractivity contribution in [1.82, 2.24) is 0 Å². The monoisotopic (exact) mass is 259 g/mol. The standard InChI is InChI=1S/C9H7BrFNS/c10-8-5-7(1-2-9(8)11)3-4-12-6-13/h1-2,5H,3-4H2. The number of thiocarbonyl (C=S) groups is 1. The summed E-state index contributed by atoms with van der Waals surface area (Å²) in [6.07, 6.45) is 0.752. The van der Waals surface area contributed by atoms with Crippen molar-refractivity contribution in [3.8, 4) is 0 Å². The largest absolute Gasteiger partial charge is 0.232 e. The second-order valence-electron chi connectivity index (χ2n) is 2.47. The van der Waals surface area contributed by atoms with Crippen LogP contribution in [-0.4, -0.2) is 11.7 Å². The van der Waals surface area contributed by atoms with E-state index < -0.39 is 0 Å². The van der Waals surface area contributed by atoms with Crippen LogP contribution in [0.4, 0.5) is 4.39 Å². The maximum absolute atomic E-state index is 12.8. The molecule has 0 amide bonds. The van der Waals surface area contributed by atoms with Gasteiger partial charge in [-0.3, -0.25) is 0 Å². The van der Waals surface area contributed by atoms with Crippen LogP contribution in [0.1, 0.15) is 5.56 Å². The molecule has 0 radical (unpaired) electrons. The molecule has 0 bridgehead atoms. The van der Waals surface area contributed by atoms with Crippen molar-refractivity contribution in [3.63, 3.8) is 0 Å². The van der Waals surface area contributed by atoms with Crippen molar-refractivity contribution in [2.45, 2.75) is 6.42 Å². The summed E-state index contributed by atoms with van der Waals surface area (Å²) in [5.41, 5.74) is 1.03. The molecule has 0 atom stereocenters. The molecule has 0 aliphatic heterocycles. The number of hydrogen-bond acceptors (Lipinski definition) is 2. The Morgan fingerprint density at radius 3 is 2.92 bits per heavy atom. The lowest BCUT2D eigenvalue weighted by Crippen LogP contribution is -1.90. The van der Waals surface area contributed by atoms with E-state index in [1.54, 1.807) is 12.1 Å². The molecule has 0 aliphatic carbocycles. The number of hydrogen-bond donors (Lipinski definition) is 0. The molecule has 0 spiro atoms. The van der Waals surface area contributed by atoms with Crippen LogP contribution < -0.4 is 0 Å². The first-order valence-corrected chi connectivity index (χ1v) is 4.91. The summed E-state index contributed by atoms with van der Waals surface area (Å²) in [7, 11) is 0. The smallest absolute Gasteiger partial charge is 0.137 e. The predicted molar refractivity (Wildman–Crippen MR) is 57.7 cm³/mol. The number of aliphatic imine (C=N–C) groups is 1. The fourth-order valence-corrected chi connectivity index (χ4v) is 1.44. The fourth-order valence-electron chi connectivity index (χ4n) is 0.926. The summed E-state index contributed by atoms with van der Waals surface area (Å²) in [6, 6.07) is 4.91. The number of isothiocyanates is 1. The van der Waals surface area contributed by atoms with Crippen LogP contribution in [0.25, 0.3) is 0 Å². The van der Waals surface area contributed by atoms with E-state index in [-0.39, 0.29) is 5.82 Å². The predicted octanol–water partition coefficient (Wildman–Crippen LogP) is 3.23. The molecular weight excluding hydrogens is 253 g/mol. The van der Waals surface area contributed by atoms with Crippen molar-refractivity contribution in [3.05, 3.63) is 34.1 Å². The van der Waals surface area contributed by atoms with Crippen LogP contribution in [0.5, 0.6) is 0 Å². The van der Waals surface area contributed by atoms with E-state index in [9.17, 15) is 4.39 Å². The van der Waals surface area contributed by atoms with Gasteiger partial charge in [0.05, 0.1) is 16.2 Å². The average molecular weight is 260 g/mol. The molecule has 1 nitrogen and oxygen atoms in total. The molecule has 0 saturated heterocycles. The zero-order valence-electron chi connectivity index (χ0n) is 6.76. The van der Waals surface area contributed by atoms with E-state index in [1.165, 1.54) is 6.07 Å². The van der Waals surface area contributed by atoms with Gasteiger partial charge in [0, 0.05) is 0 Å². The minimum Gasteiger partial charge on any atom is -0.232 e. The number of nitrogens with zero attached hydrogens (tertiary/aromatic N) is 1. The minimum absolute atomic E-state index is 0.248. The first-order chi connectivity index (χ1) is 6.24. The minimum atomic E-state index is -0.248. The van der Waals surface area contributed by atoms with Gasteiger partial charge in [0.15, 0.2) is 0 Å². The van der Waals surface area contributed by atoms with Crippen molar-refractivity contribution in [2.75, 3.05) is 6.54 Å². The molecule has 0 unspecified atom stereocenters. The fraction of sp³-hybridized carbons (Fsp3) is 0.222. The van der Waals surface area contributed by atoms with Crippen molar-refractivity contribution in [1.29, 1.82) is 0 Å². The third kappa shape index (κ3) is 3.35. The second-order valence-corrected chi connectivity index (χ2v) is 3.51. The Hall–Kier alpha value is -0.570. The van der Waals surface area contributed by atoms with E-state index in [0.29, 0.717) is 11.0 Å². The normalized spacial score (nSPS) is 9.38. The van der Waals surface area contributed by atoms with Crippen LogP contribution in [-0.2, 0) is 6.42 Å². The molecule has 0 aliphatic rings. The van der Waals surface area contributed by atoms with Crippen LogP contribution >= 0.6 is 28.1 Å². The highest BCUT2D eigenvalue weighted by molar-refractivity contribution is 9.10. The highest BCUT2D eigenvalue weighted by Gasteiger charge is 1.99. The van der Waals surface area contributed by atoms with Gasteiger partial charge < -0.3 is 0 Å². The number of rotatable bonds is 3. The summed E-state index contributed by atoms with van der Waals surface area (Å²) in [6.45, 7) is 0.599. The Bertz CT molecular complexity index is 347. The maximum atomic E-state index is 12.8. The van der Waals surface area contributed by atoms with E-state index >= 15 is 0 Å². The van der Waals surface area contributed by atoms with Gasteiger partial charge in [0.25, 0.3) is 0 Å². The molecule has 0 aromatic heterocycles. The third-order valence-corrected chi connectivity index (χ3v) is 2.30. The summed E-state index contributed by atoms with van der Waals surface area (Å²) < 4.78 is 13.3. The van der Waals surface area contributed by atoms with Crippen LogP contribution in [0.3, 0.4) is 0 Å². The van der Waals surface area contributed by atoms with Gasteiger partial charge in [-0.2, -0.15) is 0 Å². The van der Waals surface area contributed by atoms with Gasteiger partial charge in [-0.25, -0.2) is 9.38 Å². The van der Waals surface area contributed by atoms with Crippen LogP contribution in [0.15, 0.2) is 27.7 Å². The van der Waals surface area contributed by atoms with Gasteiger partial charge in [-0.1, -0.05) is 6.07 Å². The number of halogens is 2. The molecule has 4 heteroatoms. The van der Waals surface area contributed by atoms with E-state index in [2.05, 4.69) is 38.3 Å². The van der Waals surface area contributed by atoms with Gasteiger partial charge in [-0.15, -0.1) is 0 Å². The van der Waals surface area contributed by atoms with Gasteiger partial charge in [-0.05, 0) is 52.3 Å². The molecule has 0 heterocycles. The van der Waals surface area contributed by atoms with E-state index in [0.717, 1.165) is 12.0 Å².